The molecule has 56 valence electrons. The number of hydrogen-bond acceptors (Lipinski definition) is 3. The SMILES string of the molecule is Clc1c(I)ccc2nsnc12. The van der Waals surface area contributed by atoms with E-state index in [2.05, 4.69) is 31.3 Å². The molecule has 0 saturated heterocycles. The van der Waals surface area contributed by atoms with Gasteiger partial charge >= 0.3 is 0 Å². The number of hydrogen-bond donors (Lipinski definition) is 0. The molecule has 1 aromatic carbocycles. The highest BCUT2D eigenvalue weighted by molar-refractivity contribution is 14.1. The third kappa shape index (κ3) is 1.23. The maximum atomic E-state index is 5.96. The molecule has 11 heavy (non-hydrogen) atoms. The van der Waals surface area contributed by atoms with E-state index in [-0.39, 0.29) is 0 Å². The van der Waals surface area contributed by atoms with Crippen LogP contribution in [0.2, 0.25) is 5.02 Å². The van der Waals surface area contributed by atoms with Crippen LogP contribution < -0.4 is 0 Å². The minimum atomic E-state index is 0.705. The molecule has 1 heterocycles. The number of aromatic nitrogens is 2. The average molecular weight is 297 g/mol. The Morgan fingerprint density at radius 1 is 1.36 bits per heavy atom. The predicted molar refractivity (Wildman–Crippen MR) is 55.1 cm³/mol. The summed E-state index contributed by atoms with van der Waals surface area (Å²) in [5.41, 5.74) is 1.68. The van der Waals surface area contributed by atoms with E-state index in [1.165, 1.54) is 11.7 Å². The maximum Gasteiger partial charge on any atom is 0.124 e. The number of fused-ring (bicyclic) bond motifs is 1. The van der Waals surface area contributed by atoms with Gasteiger partial charge in [0.05, 0.1) is 16.8 Å². The van der Waals surface area contributed by atoms with Crippen molar-refractivity contribution in [3.63, 3.8) is 0 Å². The van der Waals surface area contributed by atoms with Gasteiger partial charge in [0.25, 0.3) is 0 Å². The van der Waals surface area contributed by atoms with Crippen LogP contribution in [0.5, 0.6) is 0 Å². The molecule has 0 saturated carbocycles. The third-order valence-corrected chi connectivity index (χ3v) is 3.46. The molecule has 2 rings (SSSR count). The maximum absolute atomic E-state index is 5.96. The van der Waals surface area contributed by atoms with Gasteiger partial charge in [0.15, 0.2) is 0 Å². The number of nitrogens with zero attached hydrogens (tertiary/aromatic N) is 2. The average Bonchev–Trinajstić information content (AvgIpc) is 2.45. The van der Waals surface area contributed by atoms with Gasteiger partial charge in [0.2, 0.25) is 0 Å². The second kappa shape index (κ2) is 2.84. The van der Waals surface area contributed by atoms with Crippen LogP contribution in [0.1, 0.15) is 0 Å². The first-order chi connectivity index (χ1) is 5.29. The van der Waals surface area contributed by atoms with Crippen LogP contribution in [0.25, 0.3) is 11.0 Å². The van der Waals surface area contributed by atoms with Crippen molar-refractivity contribution in [2.45, 2.75) is 0 Å². The molecule has 0 atom stereocenters. The van der Waals surface area contributed by atoms with Crippen molar-refractivity contribution in [3.05, 3.63) is 20.7 Å². The van der Waals surface area contributed by atoms with Gasteiger partial charge in [0.1, 0.15) is 11.0 Å². The van der Waals surface area contributed by atoms with Crippen LogP contribution in [0.4, 0.5) is 0 Å². The van der Waals surface area contributed by atoms with Crippen LogP contribution in [-0.2, 0) is 0 Å². The summed E-state index contributed by atoms with van der Waals surface area (Å²) in [4.78, 5) is 0. The molecule has 0 aliphatic heterocycles. The zero-order valence-corrected chi connectivity index (χ0v) is 8.94. The Hall–Kier alpha value is 0.0600. The van der Waals surface area contributed by atoms with E-state index in [0.717, 1.165) is 14.6 Å². The fraction of sp³-hybridized carbons (Fsp3) is 0. The highest BCUT2D eigenvalue weighted by Crippen LogP contribution is 2.26. The summed E-state index contributed by atoms with van der Waals surface area (Å²) in [6.07, 6.45) is 0. The fourth-order valence-corrected chi connectivity index (χ4v) is 2.03. The van der Waals surface area contributed by atoms with Crippen molar-refractivity contribution in [1.82, 2.24) is 8.75 Å². The summed E-state index contributed by atoms with van der Waals surface area (Å²) in [6, 6.07) is 3.86. The lowest BCUT2D eigenvalue weighted by molar-refractivity contribution is 1.61. The van der Waals surface area contributed by atoms with Crippen LogP contribution >= 0.6 is 45.9 Å². The zero-order valence-electron chi connectivity index (χ0n) is 5.21. The largest absolute Gasteiger partial charge is 0.173 e. The van der Waals surface area contributed by atoms with Gasteiger partial charge in [-0.1, -0.05) is 11.6 Å². The summed E-state index contributed by atoms with van der Waals surface area (Å²) in [7, 11) is 0. The van der Waals surface area contributed by atoms with Crippen LogP contribution in [0.3, 0.4) is 0 Å². The second-order valence-electron chi connectivity index (χ2n) is 1.99. The molecule has 2 nitrogen and oxygen atoms in total. The lowest BCUT2D eigenvalue weighted by Gasteiger charge is -1.92. The zero-order chi connectivity index (χ0) is 7.84. The molecular formula is C6H2ClIN2S. The molecular weight excluding hydrogens is 295 g/mol. The highest BCUT2D eigenvalue weighted by atomic mass is 127. The molecule has 1 aromatic heterocycles. The van der Waals surface area contributed by atoms with E-state index in [0.29, 0.717) is 5.02 Å². The normalized spacial score (nSPS) is 10.7. The van der Waals surface area contributed by atoms with Gasteiger partial charge in [0, 0.05) is 3.57 Å². The van der Waals surface area contributed by atoms with E-state index >= 15 is 0 Å². The Kier molecular flexibility index (Phi) is 1.98. The van der Waals surface area contributed by atoms with Gasteiger partial charge in [-0.15, -0.1) is 0 Å². The molecule has 0 unspecified atom stereocenters. The van der Waals surface area contributed by atoms with E-state index in [9.17, 15) is 0 Å². The lowest BCUT2D eigenvalue weighted by atomic mass is 10.3. The van der Waals surface area contributed by atoms with Crippen molar-refractivity contribution in [1.29, 1.82) is 0 Å². The van der Waals surface area contributed by atoms with E-state index in [1.807, 2.05) is 12.1 Å². The number of rotatable bonds is 0. The summed E-state index contributed by atoms with van der Waals surface area (Å²) >= 11 is 9.33. The minimum absolute atomic E-state index is 0.705. The first-order valence-electron chi connectivity index (χ1n) is 2.85. The van der Waals surface area contributed by atoms with Gasteiger partial charge < -0.3 is 0 Å². The number of benzene rings is 1. The van der Waals surface area contributed by atoms with Crippen molar-refractivity contribution >= 4 is 57.0 Å². The van der Waals surface area contributed by atoms with Crippen molar-refractivity contribution < 1.29 is 0 Å². The fourth-order valence-electron chi connectivity index (χ4n) is 0.795. The number of halogens is 2. The summed E-state index contributed by atoms with van der Waals surface area (Å²) in [6.45, 7) is 0. The Balaban J connectivity index is 2.93. The smallest absolute Gasteiger partial charge is 0.124 e. The Morgan fingerprint density at radius 3 is 3.00 bits per heavy atom. The van der Waals surface area contributed by atoms with E-state index in [1.54, 1.807) is 0 Å². The lowest BCUT2D eigenvalue weighted by Crippen LogP contribution is -1.76. The van der Waals surface area contributed by atoms with Crippen LogP contribution in [-0.4, -0.2) is 8.75 Å². The monoisotopic (exact) mass is 296 g/mol. The summed E-state index contributed by atoms with van der Waals surface area (Å²) in [5.74, 6) is 0. The van der Waals surface area contributed by atoms with Gasteiger partial charge in [-0.3, -0.25) is 0 Å². The first kappa shape index (κ1) is 7.70. The van der Waals surface area contributed by atoms with Crippen LogP contribution in [0, 0.1) is 3.57 Å². The first-order valence-corrected chi connectivity index (χ1v) is 5.04. The van der Waals surface area contributed by atoms with Crippen molar-refractivity contribution in [2.75, 3.05) is 0 Å². The Labute approximate surface area is 86.0 Å². The van der Waals surface area contributed by atoms with Gasteiger partial charge in [-0.2, -0.15) is 8.75 Å². The molecule has 0 aliphatic rings. The summed E-state index contributed by atoms with van der Waals surface area (Å²) < 4.78 is 9.15. The minimum Gasteiger partial charge on any atom is -0.173 e. The molecule has 0 aliphatic carbocycles. The van der Waals surface area contributed by atoms with E-state index < -0.39 is 0 Å². The molecule has 0 spiro atoms. The van der Waals surface area contributed by atoms with Crippen LogP contribution in [0.15, 0.2) is 12.1 Å². The van der Waals surface area contributed by atoms with Crippen molar-refractivity contribution in [3.8, 4) is 0 Å². The van der Waals surface area contributed by atoms with Crippen molar-refractivity contribution in [2.24, 2.45) is 0 Å². The summed E-state index contributed by atoms with van der Waals surface area (Å²) in [5, 5.41) is 0.705. The topological polar surface area (TPSA) is 25.8 Å². The third-order valence-electron chi connectivity index (χ3n) is 1.32. The highest BCUT2D eigenvalue weighted by Gasteiger charge is 2.05. The Bertz CT molecular complexity index is 400. The predicted octanol–water partition coefficient (Wildman–Crippen LogP) is 2.95. The molecule has 5 heteroatoms. The molecule has 0 radical (unpaired) electrons. The van der Waals surface area contributed by atoms with E-state index in [4.69, 9.17) is 11.6 Å². The second-order valence-corrected chi connectivity index (χ2v) is 4.06. The molecule has 0 N–H and O–H groups in total. The standard InChI is InChI=1S/C6H2ClIN2S/c7-5-3(8)1-2-4-6(5)10-11-9-4/h1-2H. The quantitative estimate of drug-likeness (QED) is 0.699. The molecule has 0 amide bonds. The molecule has 0 fully saturated rings. The molecule has 0 bridgehead atoms. The Morgan fingerprint density at radius 2 is 2.18 bits per heavy atom. The molecule has 2 aromatic rings. The van der Waals surface area contributed by atoms with Gasteiger partial charge in [-0.05, 0) is 34.7 Å². The van der Waals surface area contributed by atoms with Gasteiger partial charge in [-0.25, -0.2) is 0 Å².